The molecule has 0 unspecified atom stereocenters. The van der Waals surface area contributed by atoms with Crippen molar-refractivity contribution in [3.05, 3.63) is 0 Å². The summed E-state index contributed by atoms with van der Waals surface area (Å²) in [5.74, 6) is 0.565. The van der Waals surface area contributed by atoms with Crippen LogP contribution < -0.4 is 5.73 Å². The second kappa shape index (κ2) is 9.42. The Kier molecular flexibility index (Phi) is 9.09. The Bertz CT molecular complexity index is 204. The molecule has 1 amide bonds. The lowest BCUT2D eigenvalue weighted by atomic mass is 10.1. The third-order valence-corrected chi connectivity index (χ3v) is 2.75. The minimum Gasteiger partial charge on any atom is -0.370 e. The zero-order valence-electron chi connectivity index (χ0n) is 11.7. The van der Waals surface area contributed by atoms with Crippen LogP contribution in [0.4, 0.5) is 0 Å². The van der Waals surface area contributed by atoms with Gasteiger partial charge in [0.15, 0.2) is 0 Å². The van der Waals surface area contributed by atoms with Crippen LogP contribution in [0.25, 0.3) is 0 Å². The third-order valence-electron chi connectivity index (χ3n) is 2.75. The number of rotatable bonds is 9. The molecule has 0 aliphatic carbocycles. The van der Waals surface area contributed by atoms with E-state index in [1.807, 2.05) is 4.90 Å². The van der Waals surface area contributed by atoms with Crippen molar-refractivity contribution in [2.24, 2.45) is 11.7 Å². The Morgan fingerprint density at radius 2 is 1.88 bits per heavy atom. The van der Waals surface area contributed by atoms with Crippen molar-refractivity contribution in [3.63, 3.8) is 0 Å². The first-order valence-corrected chi connectivity index (χ1v) is 6.63. The lowest BCUT2D eigenvalue weighted by Crippen LogP contribution is -2.44. The summed E-state index contributed by atoms with van der Waals surface area (Å²) in [7, 11) is 0. The number of nitrogens with zero attached hydrogens (tertiary/aromatic N) is 1. The van der Waals surface area contributed by atoms with Gasteiger partial charge in [0.25, 0.3) is 0 Å². The molecule has 0 saturated carbocycles. The molecule has 0 aliphatic heterocycles. The number of ether oxygens (including phenoxy) is 1. The Balaban J connectivity index is 4.38. The summed E-state index contributed by atoms with van der Waals surface area (Å²) in [5, 5.41) is 0. The molecule has 0 saturated heterocycles. The van der Waals surface area contributed by atoms with Gasteiger partial charge in [0.2, 0.25) is 5.91 Å². The molecule has 0 rings (SSSR count). The van der Waals surface area contributed by atoms with E-state index in [-0.39, 0.29) is 12.5 Å². The van der Waals surface area contributed by atoms with Crippen LogP contribution in [0.5, 0.6) is 0 Å². The Morgan fingerprint density at radius 3 is 2.29 bits per heavy atom. The van der Waals surface area contributed by atoms with Gasteiger partial charge in [-0.15, -0.1) is 0 Å². The van der Waals surface area contributed by atoms with Crippen molar-refractivity contribution in [3.8, 4) is 0 Å². The molecular weight excluding hydrogens is 216 g/mol. The van der Waals surface area contributed by atoms with Crippen LogP contribution >= 0.6 is 0 Å². The van der Waals surface area contributed by atoms with Crippen LogP contribution in [0, 0.1) is 5.92 Å². The highest BCUT2D eigenvalue weighted by molar-refractivity contribution is 5.77. The average Bonchev–Trinajstić information content (AvgIpc) is 2.29. The van der Waals surface area contributed by atoms with Crippen LogP contribution in [0.3, 0.4) is 0 Å². The predicted octanol–water partition coefficient (Wildman–Crippen LogP) is 1.63. The highest BCUT2D eigenvalue weighted by Gasteiger charge is 2.21. The summed E-state index contributed by atoms with van der Waals surface area (Å²) < 4.78 is 5.23. The van der Waals surface area contributed by atoms with E-state index in [1.54, 1.807) is 0 Å². The van der Waals surface area contributed by atoms with Gasteiger partial charge in [-0.05, 0) is 18.8 Å². The summed E-state index contributed by atoms with van der Waals surface area (Å²) in [5.41, 5.74) is 5.33. The minimum atomic E-state index is 0.0841. The van der Waals surface area contributed by atoms with Gasteiger partial charge in [-0.3, -0.25) is 4.79 Å². The van der Waals surface area contributed by atoms with Gasteiger partial charge in [0.1, 0.15) is 6.61 Å². The number of carbonyl (C=O) groups is 1. The summed E-state index contributed by atoms with van der Waals surface area (Å²) in [6, 6.07) is 0.325. The van der Waals surface area contributed by atoms with Crippen molar-refractivity contribution in [2.45, 2.75) is 46.6 Å². The molecule has 0 aromatic rings. The van der Waals surface area contributed by atoms with Gasteiger partial charge < -0.3 is 15.4 Å². The molecule has 4 heteroatoms. The SMILES string of the molecule is CCC(CC)N(CC(C)C)C(=O)COCCN. The molecule has 0 radical (unpaired) electrons. The number of hydrogen-bond acceptors (Lipinski definition) is 3. The molecule has 0 aliphatic rings. The summed E-state index contributed by atoms with van der Waals surface area (Å²) >= 11 is 0. The second-order valence-electron chi connectivity index (χ2n) is 4.75. The molecule has 17 heavy (non-hydrogen) atoms. The lowest BCUT2D eigenvalue weighted by Gasteiger charge is -2.32. The highest BCUT2D eigenvalue weighted by atomic mass is 16.5. The van der Waals surface area contributed by atoms with E-state index in [0.717, 1.165) is 19.4 Å². The fraction of sp³-hybridized carbons (Fsp3) is 0.923. The van der Waals surface area contributed by atoms with Crippen LogP contribution in [-0.2, 0) is 9.53 Å². The molecule has 0 aromatic carbocycles. The molecule has 0 heterocycles. The number of hydrogen-bond donors (Lipinski definition) is 1. The van der Waals surface area contributed by atoms with Gasteiger partial charge in [0.05, 0.1) is 6.61 Å². The first-order valence-electron chi connectivity index (χ1n) is 6.63. The fourth-order valence-electron chi connectivity index (χ4n) is 1.90. The van der Waals surface area contributed by atoms with E-state index in [2.05, 4.69) is 27.7 Å². The standard InChI is InChI=1S/C13H28N2O2/c1-5-12(6-2)15(9-11(3)4)13(16)10-17-8-7-14/h11-12H,5-10,14H2,1-4H3. The maximum Gasteiger partial charge on any atom is 0.248 e. The average molecular weight is 244 g/mol. The zero-order valence-corrected chi connectivity index (χ0v) is 11.7. The Labute approximate surface area is 105 Å². The van der Waals surface area contributed by atoms with Crippen LogP contribution in [0.1, 0.15) is 40.5 Å². The van der Waals surface area contributed by atoms with Crippen LogP contribution in [-0.4, -0.2) is 43.2 Å². The summed E-state index contributed by atoms with van der Waals surface area (Å²) in [6.07, 6.45) is 1.98. The maximum absolute atomic E-state index is 12.1. The zero-order chi connectivity index (χ0) is 13.3. The molecule has 0 spiro atoms. The number of amides is 1. The number of nitrogens with two attached hydrogens (primary N) is 1. The van der Waals surface area contributed by atoms with E-state index in [9.17, 15) is 4.79 Å². The van der Waals surface area contributed by atoms with Gasteiger partial charge in [0, 0.05) is 19.1 Å². The molecule has 102 valence electrons. The van der Waals surface area contributed by atoms with Gasteiger partial charge >= 0.3 is 0 Å². The Morgan fingerprint density at radius 1 is 1.29 bits per heavy atom. The second-order valence-corrected chi connectivity index (χ2v) is 4.75. The summed E-state index contributed by atoms with van der Waals surface area (Å²) in [6.45, 7) is 10.4. The largest absolute Gasteiger partial charge is 0.370 e. The van der Waals surface area contributed by atoms with Crippen LogP contribution in [0.2, 0.25) is 0 Å². The third kappa shape index (κ3) is 6.64. The van der Waals surface area contributed by atoms with Crippen molar-refractivity contribution >= 4 is 5.91 Å². The van der Waals surface area contributed by atoms with Crippen LogP contribution in [0.15, 0.2) is 0 Å². The molecule has 0 aromatic heterocycles. The molecule has 4 nitrogen and oxygen atoms in total. The van der Waals surface area contributed by atoms with Gasteiger partial charge in [-0.25, -0.2) is 0 Å². The van der Waals surface area contributed by atoms with Crippen molar-refractivity contribution < 1.29 is 9.53 Å². The van der Waals surface area contributed by atoms with E-state index in [0.29, 0.717) is 25.1 Å². The normalized spacial score (nSPS) is 11.2. The molecular formula is C13H28N2O2. The van der Waals surface area contributed by atoms with E-state index >= 15 is 0 Å². The van der Waals surface area contributed by atoms with E-state index in [4.69, 9.17) is 10.5 Å². The fourth-order valence-corrected chi connectivity index (χ4v) is 1.90. The first kappa shape index (κ1) is 16.4. The molecule has 0 bridgehead atoms. The van der Waals surface area contributed by atoms with Crippen molar-refractivity contribution in [1.82, 2.24) is 4.90 Å². The van der Waals surface area contributed by atoms with Crippen molar-refractivity contribution in [1.29, 1.82) is 0 Å². The Hall–Kier alpha value is -0.610. The van der Waals surface area contributed by atoms with E-state index < -0.39 is 0 Å². The highest BCUT2D eigenvalue weighted by Crippen LogP contribution is 2.12. The minimum absolute atomic E-state index is 0.0841. The maximum atomic E-state index is 12.1. The van der Waals surface area contributed by atoms with Crippen molar-refractivity contribution in [2.75, 3.05) is 26.3 Å². The van der Waals surface area contributed by atoms with Gasteiger partial charge in [-0.2, -0.15) is 0 Å². The molecule has 0 fully saturated rings. The van der Waals surface area contributed by atoms with E-state index in [1.165, 1.54) is 0 Å². The molecule has 0 atom stereocenters. The number of carbonyl (C=O) groups excluding carboxylic acids is 1. The molecule has 2 N–H and O–H groups in total. The predicted molar refractivity (Wildman–Crippen MR) is 70.8 cm³/mol. The smallest absolute Gasteiger partial charge is 0.248 e. The van der Waals surface area contributed by atoms with Gasteiger partial charge in [-0.1, -0.05) is 27.7 Å². The topological polar surface area (TPSA) is 55.6 Å². The lowest BCUT2D eigenvalue weighted by molar-refractivity contribution is -0.139. The first-order chi connectivity index (χ1) is 8.06. The quantitative estimate of drug-likeness (QED) is 0.627. The summed E-state index contributed by atoms with van der Waals surface area (Å²) in [4.78, 5) is 14.0. The monoisotopic (exact) mass is 244 g/mol.